The minimum absolute atomic E-state index is 0.0473. The van der Waals surface area contributed by atoms with Crippen molar-refractivity contribution in [3.05, 3.63) is 30.3 Å². The highest BCUT2D eigenvalue weighted by Crippen LogP contribution is 2.28. The molecule has 1 saturated carbocycles. The first-order chi connectivity index (χ1) is 11.2. The van der Waals surface area contributed by atoms with E-state index in [1.807, 2.05) is 30.3 Å². The summed E-state index contributed by atoms with van der Waals surface area (Å²) in [5, 5.41) is 3.18. The van der Waals surface area contributed by atoms with Crippen molar-refractivity contribution in [1.29, 1.82) is 0 Å². The van der Waals surface area contributed by atoms with Crippen LogP contribution in [0.25, 0.3) is 0 Å². The molecule has 1 N–H and O–H groups in total. The first kappa shape index (κ1) is 16.0. The smallest absolute Gasteiger partial charge is 0.227 e. The molecule has 0 spiro atoms. The molecule has 124 valence electrons. The van der Waals surface area contributed by atoms with E-state index in [0.717, 1.165) is 24.4 Å². The summed E-state index contributed by atoms with van der Waals surface area (Å²) in [4.78, 5) is 26.4. The number of rotatable bonds is 4. The predicted molar refractivity (Wildman–Crippen MR) is 91.1 cm³/mol. The maximum atomic E-state index is 12.5. The fourth-order valence-electron chi connectivity index (χ4n) is 3.77. The minimum Gasteiger partial charge on any atom is -0.353 e. The van der Waals surface area contributed by atoms with Gasteiger partial charge in [-0.3, -0.25) is 9.59 Å². The Bertz CT molecular complexity index is 550. The van der Waals surface area contributed by atoms with E-state index >= 15 is 0 Å². The quantitative estimate of drug-likeness (QED) is 0.928. The van der Waals surface area contributed by atoms with Gasteiger partial charge >= 0.3 is 0 Å². The SMILES string of the molecule is CCC1CCC(NC(=O)[C@@H]2CC(=O)N(c3ccccc3)C2)CC1. The second-order valence-corrected chi connectivity index (χ2v) is 6.88. The Balaban J connectivity index is 1.54. The average molecular weight is 314 g/mol. The van der Waals surface area contributed by atoms with Gasteiger partial charge in [-0.25, -0.2) is 0 Å². The first-order valence-electron chi connectivity index (χ1n) is 8.83. The molecule has 0 unspecified atom stereocenters. The van der Waals surface area contributed by atoms with Gasteiger partial charge in [-0.1, -0.05) is 31.5 Å². The number of nitrogens with one attached hydrogen (secondary N) is 1. The van der Waals surface area contributed by atoms with Crippen molar-refractivity contribution in [3.8, 4) is 0 Å². The van der Waals surface area contributed by atoms with Crippen molar-refractivity contribution in [2.24, 2.45) is 11.8 Å². The highest BCUT2D eigenvalue weighted by atomic mass is 16.2. The molecule has 2 fully saturated rings. The lowest BCUT2D eigenvalue weighted by molar-refractivity contribution is -0.127. The van der Waals surface area contributed by atoms with Crippen molar-refractivity contribution in [1.82, 2.24) is 5.32 Å². The third-order valence-corrected chi connectivity index (χ3v) is 5.33. The number of hydrogen-bond acceptors (Lipinski definition) is 2. The summed E-state index contributed by atoms with van der Waals surface area (Å²) in [5.74, 6) is 0.708. The summed E-state index contributed by atoms with van der Waals surface area (Å²) >= 11 is 0. The van der Waals surface area contributed by atoms with Gasteiger partial charge in [0, 0.05) is 24.7 Å². The number of nitrogens with zero attached hydrogens (tertiary/aromatic N) is 1. The van der Waals surface area contributed by atoms with Crippen LogP contribution in [0.2, 0.25) is 0 Å². The van der Waals surface area contributed by atoms with Gasteiger partial charge in [0.25, 0.3) is 0 Å². The van der Waals surface area contributed by atoms with Crippen molar-refractivity contribution in [3.63, 3.8) is 0 Å². The van der Waals surface area contributed by atoms with Crippen LogP contribution < -0.4 is 10.2 Å². The normalized spacial score (nSPS) is 28.0. The largest absolute Gasteiger partial charge is 0.353 e. The van der Waals surface area contributed by atoms with E-state index in [0.29, 0.717) is 19.0 Å². The zero-order valence-electron chi connectivity index (χ0n) is 13.8. The molecular formula is C19H26N2O2. The van der Waals surface area contributed by atoms with Gasteiger partial charge in [-0.15, -0.1) is 0 Å². The van der Waals surface area contributed by atoms with Gasteiger partial charge in [-0.2, -0.15) is 0 Å². The maximum absolute atomic E-state index is 12.5. The van der Waals surface area contributed by atoms with Gasteiger partial charge in [-0.05, 0) is 43.7 Å². The number of carbonyl (C=O) groups excluding carboxylic acids is 2. The molecule has 4 heteroatoms. The number of benzene rings is 1. The zero-order valence-corrected chi connectivity index (χ0v) is 13.8. The molecule has 2 amide bonds. The van der Waals surface area contributed by atoms with Crippen molar-refractivity contribution in [2.45, 2.75) is 51.5 Å². The van der Waals surface area contributed by atoms with Crippen LogP contribution in [0.3, 0.4) is 0 Å². The standard InChI is InChI=1S/C19H26N2O2/c1-2-14-8-10-16(11-9-14)20-19(23)15-12-18(22)21(13-15)17-6-4-3-5-7-17/h3-7,14-16H,2,8-13H2,1H3,(H,20,23)/t14?,15-,16?/m1/s1. The van der Waals surface area contributed by atoms with Crippen LogP contribution in [-0.2, 0) is 9.59 Å². The van der Waals surface area contributed by atoms with E-state index < -0.39 is 0 Å². The fraction of sp³-hybridized carbons (Fsp3) is 0.579. The summed E-state index contributed by atoms with van der Waals surface area (Å²) < 4.78 is 0. The summed E-state index contributed by atoms with van der Waals surface area (Å²) in [7, 11) is 0. The van der Waals surface area contributed by atoms with E-state index in [2.05, 4.69) is 12.2 Å². The number of hydrogen-bond donors (Lipinski definition) is 1. The van der Waals surface area contributed by atoms with E-state index in [-0.39, 0.29) is 17.7 Å². The van der Waals surface area contributed by atoms with Crippen molar-refractivity contribution < 1.29 is 9.59 Å². The van der Waals surface area contributed by atoms with Gasteiger partial charge < -0.3 is 10.2 Å². The number of para-hydroxylation sites is 1. The molecule has 4 nitrogen and oxygen atoms in total. The molecule has 1 atom stereocenters. The third-order valence-electron chi connectivity index (χ3n) is 5.33. The molecule has 23 heavy (non-hydrogen) atoms. The lowest BCUT2D eigenvalue weighted by Gasteiger charge is -2.29. The van der Waals surface area contributed by atoms with Crippen LogP contribution >= 0.6 is 0 Å². The molecule has 1 saturated heterocycles. The lowest BCUT2D eigenvalue weighted by Crippen LogP contribution is -2.41. The van der Waals surface area contributed by atoms with Crippen LogP contribution in [0, 0.1) is 11.8 Å². The van der Waals surface area contributed by atoms with E-state index in [1.165, 1.54) is 19.3 Å². The molecule has 1 aromatic rings. The summed E-state index contributed by atoms with van der Waals surface area (Å²) in [5.41, 5.74) is 0.885. The molecule has 0 bridgehead atoms. The van der Waals surface area contributed by atoms with Crippen LogP contribution in [0.1, 0.15) is 45.4 Å². The monoisotopic (exact) mass is 314 g/mol. The fourth-order valence-corrected chi connectivity index (χ4v) is 3.77. The molecular weight excluding hydrogens is 288 g/mol. The Labute approximate surface area is 138 Å². The molecule has 0 radical (unpaired) electrons. The minimum atomic E-state index is -0.216. The maximum Gasteiger partial charge on any atom is 0.227 e. The molecule has 1 heterocycles. The Kier molecular flexibility index (Phi) is 4.99. The summed E-state index contributed by atoms with van der Waals surface area (Å²) in [6, 6.07) is 9.91. The average Bonchev–Trinajstić information content (AvgIpc) is 2.98. The predicted octanol–water partition coefficient (Wildman–Crippen LogP) is 3.12. The highest BCUT2D eigenvalue weighted by Gasteiger charge is 2.36. The molecule has 3 rings (SSSR count). The van der Waals surface area contributed by atoms with E-state index in [9.17, 15) is 9.59 Å². The zero-order chi connectivity index (χ0) is 16.2. The molecule has 0 aromatic heterocycles. The molecule has 1 aliphatic heterocycles. The van der Waals surface area contributed by atoms with Crippen molar-refractivity contribution in [2.75, 3.05) is 11.4 Å². The second kappa shape index (κ2) is 7.16. The Morgan fingerprint density at radius 1 is 1.17 bits per heavy atom. The Morgan fingerprint density at radius 3 is 2.52 bits per heavy atom. The second-order valence-electron chi connectivity index (χ2n) is 6.88. The third kappa shape index (κ3) is 3.74. The van der Waals surface area contributed by atoms with Crippen LogP contribution in [0.15, 0.2) is 30.3 Å². The Hall–Kier alpha value is -1.84. The van der Waals surface area contributed by atoms with Crippen LogP contribution in [0.5, 0.6) is 0 Å². The summed E-state index contributed by atoms with van der Waals surface area (Å²) in [6.07, 6.45) is 6.14. The summed E-state index contributed by atoms with van der Waals surface area (Å²) in [6.45, 7) is 2.74. The molecule has 1 aromatic carbocycles. The van der Waals surface area contributed by atoms with Crippen molar-refractivity contribution >= 4 is 17.5 Å². The first-order valence-corrected chi connectivity index (χ1v) is 8.83. The van der Waals surface area contributed by atoms with Crippen LogP contribution in [0.4, 0.5) is 5.69 Å². The topological polar surface area (TPSA) is 49.4 Å². The Morgan fingerprint density at radius 2 is 1.87 bits per heavy atom. The van der Waals surface area contributed by atoms with Gasteiger partial charge in [0.1, 0.15) is 0 Å². The molecule has 2 aliphatic rings. The van der Waals surface area contributed by atoms with Gasteiger partial charge in [0.05, 0.1) is 5.92 Å². The van der Waals surface area contributed by atoms with Gasteiger partial charge in [0.2, 0.25) is 11.8 Å². The van der Waals surface area contributed by atoms with E-state index in [4.69, 9.17) is 0 Å². The highest BCUT2D eigenvalue weighted by molar-refractivity contribution is 6.00. The lowest BCUT2D eigenvalue weighted by atomic mass is 9.84. The molecule has 1 aliphatic carbocycles. The van der Waals surface area contributed by atoms with Gasteiger partial charge in [0.15, 0.2) is 0 Å². The number of anilines is 1. The number of amides is 2. The van der Waals surface area contributed by atoms with Crippen LogP contribution in [-0.4, -0.2) is 24.4 Å². The number of carbonyl (C=O) groups is 2. The van der Waals surface area contributed by atoms with E-state index in [1.54, 1.807) is 4.90 Å².